The molecule has 2 rings (SSSR count). The van der Waals surface area contributed by atoms with Gasteiger partial charge in [-0.3, -0.25) is 4.79 Å². The lowest BCUT2D eigenvalue weighted by Crippen LogP contribution is -2.31. The monoisotopic (exact) mass is 419 g/mol. The highest BCUT2D eigenvalue weighted by Crippen LogP contribution is 2.18. The molecule has 0 spiro atoms. The summed E-state index contributed by atoms with van der Waals surface area (Å²) in [5.74, 6) is -0.374. The Kier molecular flexibility index (Phi) is 7.78. The molecule has 0 saturated heterocycles. The zero-order valence-corrected chi connectivity index (χ0v) is 18.1. The Labute approximate surface area is 173 Å². The number of hydrogen-bond acceptors (Lipinski definition) is 5. The van der Waals surface area contributed by atoms with Crippen LogP contribution in [0.3, 0.4) is 0 Å². The van der Waals surface area contributed by atoms with Crippen LogP contribution in [0.4, 0.5) is 5.69 Å². The van der Waals surface area contributed by atoms with Gasteiger partial charge in [0.05, 0.1) is 11.0 Å². The number of aliphatic hydroxyl groups is 1. The summed E-state index contributed by atoms with van der Waals surface area (Å²) < 4.78 is 26.4. The van der Waals surface area contributed by atoms with E-state index in [0.717, 1.165) is 5.69 Å². The van der Waals surface area contributed by atoms with Crippen molar-refractivity contribution in [3.63, 3.8) is 0 Å². The maximum Gasteiger partial charge on any atom is 0.251 e. The number of nitrogens with zero attached hydrogens (tertiary/aromatic N) is 2. The molecule has 0 saturated carbocycles. The first-order valence-electron chi connectivity index (χ1n) is 9.54. The van der Waals surface area contributed by atoms with Gasteiger partial charge in [-0.1, -0.05) is 26.0 Å². The Bertz CT molecular complexity index is 906. The second kappa shape index (κ2) is 9.87. The minimum absolute atomic E-state index is 0.0552. The second-order valence-electron chi connectivity index (χ2n) is 6.83. The van der Waals surface area contributed by atoms with Crippen molar-refractivity contribution in [1.82, 2.24) is 9.62 Å². The van der Waals surface area contributed by atoms with Crippen LogP contribution in [0, 0.1) is 0 Å². The van der Waals surface area contributed by atoms with Crippen LogP contribution in [0.5, 0.6) is 0 Å². The molecular formula is C21H29N3O4S. The van der Waals surface area contributed by atoms with Crippen molar-refractivity contribution in [3.8, 4) is 0 Å². The topological polar surface area (TPSA) is 90.0 Å². The lowest BCUT2D eigenvalue weighted by molar-refractivity contribution is 0.0916. The Hall–Kier alpha value is -2.42. The smallest absolute Gasteiger partial charge is 0.251 e. The van der Waals surface area contributed by atoms with Gasteiger partial charge in [-0.05, 0) is 42.0 Å². The van der Waals surface area contributed by atoms with Crippen molar-refractivity contribution >= 4 is 21.6 Å². The molecule has 0 aromatic heterocycles. The third-order valence-electron chi connectivity index (χ3n) is 4.71. The van der Waals surface area contributed by atoms with Gasteiger partial charge in [0.25, 0.3) is 5.91 Å². The van der Waals surface area contributed by atoms with Crippen LogP contribution in [0.15, 0.2) is 53.4 Å². The zero-order chi connectivity index (χ0) is 21.6. The van der Waals surface area contributed by atoms with E-state index in [9.17, 15) is 18.3 Å². The van der Waals surface area contributed by atoms with Gasteiger partial charge < -0.3 is 15.3 Å². The molecule has 29 heavy (non-hydrogen) atoms. The quantitative estimate of drug-likeness (QED) is 0.651. The Balaban J connectivity index is 2.00. The molecule has 2 aromatic rings. The highest BCUT2D eigenvalue weighted by Gasteiger charge is 2.21. The fourth-order valence-electron chi connectivity index (χ4n) is 2.89. The van der Waals surface area contributed by atoms with Crippen LogP contribution in [-0.2, 0) is 10.0 Å². The minimum atomic E-state index is -3.56. The molecule has 0 aliphatic rings. The number of hydrogen-bond donors (Lipinski definition) is 2. The van der Waals surface area contributed by atoms with Crippen LogP contribution in [-0.4, -0.2) is 57.5 Å². The molecule has 7 nitrogen and oxygen atoms in total. The van der Waals surface area contributed by atoms with Crippen molar-refractivity contribution in [2.45, 2.75) is 24.8 Å². The van der Waals surface area contributed by atoms with E-state index in [-0.39, 0.29) is 17.3 Å². The molecule has 8 heteroatoms. The van der Waals surface area contributed by atoms with Gasteiger partial charge in [0, 0.05) is 45.0 Å². The van der Waals surface area contributed by atoms with Gasteiger partial charge in [-0.15, -0.1) is 0 Å². The number of carbonyl (C=O) groups is 1. The van der Waals surface area contributed by atoms with E-state index in [1.54, 1.807) is 13.8 Å². The second-order valence-corrected chi connectivity index (χ2v) is 8.76. The predicted octanol–water partition coefficient (Wildman–Crippen LogP) is 2.25. The van der Waals surface area contributed by atoms with Crippen molar-refractivity contribution in [2.24, 2.45) is 0 Å². The lowest BCUT2D eigenvalue weighted by Gasteiger charge is -2.18. The van der Waals surface area contributed by atoms with Crippen molar-refractivity contribution in [3.05, 3.63) is 59.7 Å². The van der Waals surface area contributed by atoms with Crippen molar-refractivity contribution in [2.75, 3.05) is 38.6 Å². The molecular weight excluding hydrogens is 390 g/mol. The first-order valence-corrected chi connectivity index (χ1v) is 11.0. The number of rotatable bonds is 9. The molecule has 2 aromatic carbocycles. The maximum atomic E-state index is 12.5. The highest BCUT2D eigenvalue weighted by molar-refractivity contribution is 7.89. The number of anilines is 1. The van der Waals surface area contributed by atoms with Crippen LogP contribution >= 0.6 is 0 Å². The Morgan fingerprint density at radius 1 is 1.00 bits per heavy atom. The van der Waals surface area contributed by atoms with Crippen LogP contribution in [0.25, 0.3) is 0 Å². The van der Waals surface area contributed by atoms with Gasteiger partial charge in [-0.2, -0.15) is 4.31 Å². The van der Waals surface area contributed by atoms with Gasteiger partial charge in [0.1, 0.15) is 0 Å². The standard InChI is InChI=1S/C21H29N3O4S/c1-5-24(6-2)29(27,28)19-13-9-17(10-14-19)21(26)22-15-20(25)16-7-11-18(12-8-16)23(3)4/h7-14,20,25H,5-6,15H2,1-4H3,(H,22,26). The summed E-state index contributed by atoms with van der Waals surface area (Å²) in [6, 6.07) is 13.2. The molecule has 0 fully saturated rings. The lowest BCUT2D eigenvalue weighted by atomic mass is 10.1. The summed E-state index contributed by atoms with van der Waals surface area (Å²) in [4.78, 5) is 14.5. The molecule has 0 heterocycles. The molecule has 2 N–H and O–H groups in total. The number of carbonyl (C=O) groups excluding carboxylic acids is 1. The molecule has 0 aliphatic carbocycles. The maximum absolute atomic E-state index is 12.5. The average Bonchev–Trinajstić information content (AvgIpc) is 2.72. The molecule has 0 bridgehead atoms. The first kappa shape index (κ1) is 22.9. The van der Waals surface area contributed by atoms with Gasteiger partial charge in [-0.25, -0.2) is 8.42 Å². The number of aliphatic hydroxyl groups excluding tert-OH is 1. The fourth-order valence-corrected chi connectivity index (χ4v) is 4.35. The summed E-state index contributed by atoms with van der Waals surface area (Å²) in [5, 5.41) is 13.0. The van der Waals surface area contributed by atoms with Crippen LogP contribution in [0.1, 0.15) is 35.9 Å². The van der Waals surface area contributed by atoms with Crippen LogP contribution in [0.2, 0.25) is 0 Å². The summed E-state index contributed by atoms with van der Waals surface area (Å²) in [7, 11) is 0.312. The van der Waals surface area contributed by atoms with E-state index in [0.29, 0.717) is 24.2 Å². The Morgan fingerprint density at radius 2 is 1.55 bits per heavy atom. The number of nitrogens with one attached hydrogen (secondary N) is 1. The third kappa shape index (κ3) is 5.56. The summed E-state index contributed by atoms with van der Waals surface area (Å²) in [5.41, 5.74) is 2.06. The Morgan fingerprint density at radius 3 is 2.03 bits per heavy atom. The van der Waals surface area contributed by atoms with Gasteiger partial charge in [0.2, 0.25) is 10.0 Å². The van der Waals surface area contributed by atoms with E-state index in [1.165, 1.54) is 28.6 Å². The summed E-state index contributed by atoms with van der Waals surface area (Å²) in [6.07, 6.45) is -0.836. The molecule has 0 aliphatic heterocycles. The first-order chi connectivity index (χ1) is 13.7. The predicted molar refractivity (Wildman–Crippen MR) is 115 cm³/mol. The van der Waals surface area contributed by atoms with E-state index in [1.807, 2.05) is 43.3 Å². The zero-order valence-electron chi connectivity index (χ0n) is 17.3. The van der Waals surface area contributed by atoms with Crippen molar-refractivity contribution in [1.29, 1.82) is 0 Å². The fraction of sp³-hybridized carbons (Fsp3) is 0.381. The molecule has 0 radical (unpaired) electrons. The molecule has 1 amide bonds. The van der Waals surface area contributed by atoms with Gasteiger partial charge >= 0.3 is 0 Å². The van der Waals surface area contributed by atoms with Gasteiger partial charge in [0.15, 0.2) is 0 Å². The van der Waals surface area contributed by atoms with E-state index in [2.05, 4.69) is 5.32 Å². The molecule has 158 valence electrons. The largest absolute Gasteiger partial charge is 0.387 e. The van der Waals surface area contributed by atoms with Crippen molar-refractivity contribution < 1.29 is 18.3 Å². The van der Waals surface area contributed by atoms with Crippen LogP contribution < -0.4 is 10.2 Å². The number of amides is 1. The summed E-state index contributed by atoms with van der Waals surface area (Å²) in [6.45, 7) is 4.38. The minimum Gasteiger partial charge on any atom is -0.387 e. The number of benzene rings is 2. The highest BCUT2D eigenvalue weighted by atomic mass is 32.2. The average molecular weight is 420 g/mol. The van der Waals surface area contributed by atoms with E-state index < -0.39 is 16.1 Å². The normalized spacial score (nSPS) is 12.6. The van der Waals surface area contributed by atoms with E-state index >= 15 is 0 Å². The van der Waals surface area contributed by atoms with E-state index in [4.69, 9.17) is 0 Å². The third-order valence-corrected chi connectivity index (χ3v) is 6.77. The molecule has 1 atom stereocenters. The SMILES string of the molecule is CCN(CC)S(=O)(=O)c1ccc(C(=O)NCC(O)c2ccc(N(C)C)cc2)cc1. The summed E-state index contributed by atoms with van der Waals surface area (Å²) >= 11 is 0. The molecule has 1 unspecified atom stereocenters. The number of sulfonamides is 1.